The van der Waals surface area contributed by atoms with Crippen LogP contribution >= 0.6 is 0 Å². The van der Waals surface area contributed by atoms with Gasteiger partial charge in [-0.3, -0.25) is 0 Å². The second-order valence-corrected chi connectivity index (χ2v) is 3.12. The number of carbonyl (C=O) groups excluding carboxylic acids is 1. The summed E-state index contributed by atoms with van der Waals surface area (Å²) in [6.45, 7) is 3.62. The van der Waals surface area contributed by atoms with Crippen molar-refractivity contribution in [3.63, 3.8) is 0 Å². The summed E-state index contributed by atoms with van der Waals surface area (Å²) < 4.78 is 5.28. The van der Waals surface area contributed by atoms with Gasteiger partial charge in [-0.15, -0.1) is 0 Å². The van der Waals surface area contributed by atoms with Gasteiger partial charge in [0.05, 0.1) is 6.61 Å². The van der Waals surface area contributed by atoms with Crippen molar-refractivity contribution in [2.75, 3.05) is 13.2 Å². The minimum absolute atomic E-state index is 0.157. The van der Waals surface area contributed by atoms with Crippen LogP contribution in [0.25, 0.3) is 0 Å². The molecule has 0 aromatic carbocycles. The minimum Gasteiger partial charge on any atom is -0.380 e. The molecule has 0 amide bonds. The molecule has 10 heavy (non-hydrogen) atoms. The first kappa shape index (κ1) is 7.73. The van der Waals surface area contributed by atoms with Crippen molar-refractivity contribution >= 4 is 6.29 Å². The number of hydrogen-bond donors (Lipinski definition) is 0. The minimum atomic E-state index is 0.157. The lowest BCUT2D eigenvalue weighted by Crippen LogP contribution is -2.07. The fraction of sp³-hybridized carbons (Fsp3) is 0.875. The van der Waals surface area contributed by atoms with E-state index in [-0.39, 0.29) is 5.92 Å². The zero-order valence-electron chi connectivity index (χ0n) is 6.38. The highest BCUT2D eigenvalue weighted by atomic mass is 16.5. The van der Waals surface area contributed by atoms with Crippen LogP contribution in [0.1, 0.15) is 19.8 Å². The molecule has 2 heteroatoms. The number of aldehydes is 1. The van der Waals surface area contributed by atoms with Gasteiger partial charge in [0.15, 0.2) is 0 Å². The van der Waals surface area contributed by atoms with Crippen molar-refractivity contribution in [3.05, 3.63) is 0 Å². The number of rotatable bonds is 1. The predicted octanol–water partition coefficient (Wildman–Crippen LogP) is 1.25. The van der Waals surface area contributed by atoms with Crippen molar-refractivity contribution in [1.29, 1.82) is 0 Å². The highest BCUT2D eigenvalue weighted by Gasteiger charge is 2.14. The topological polar surface area (TPSA) is 26.3 Å². The van der Waals surface area contributed by atoms with Gasteiger partial charge in [-0.25, -0.2) is 0 Å². The highest BCUT2D eigenvalue weighted by molar-refractivity contribution is 5.53. The summed E-state index contributed by atoms with van der Waals surface area (Å²) >= 11 is 0. The third kappa shape index (κ3) is 2.10. The smallest absolute Gasteiger partial charge is 0.125 e. The Morgan fingerprint density at radius 1 is 1.40 bits per heavy atom. The zero-order chi connectivity index (χ0) is 7.40. The van der Waals surface area contributed by atoms with E-state index in [1.54, 1.807) is 0 Å². The summed E-state index contributed by atoms with van der Waals surface area (Å²) in [5.41, 5.74) is 0. The van der Waals surface area contributed by atoms with Crippen molar-refractivity contribution in [2.45, 2.75) is 19.8 Å². The van der Waals surface area contributed by atoms with Gasteiger partial charge in [-0.1, -0.05) is 6.92 Å². The Bertz CT molecular complexity index is 112. The Labute approximate surface area is 61.6 Å². The maximum absolute atomic E-state index is 10.3. The molecule has 1 saturated heterocycles. The maximum Gasteiger partial charge on any atom is 0.125 e. The summed E-state index contributed by atoms with van der Waals surface area (Å²) in [6, 6.07) is 0. The Hall–Kier alpha value is -0.370. The molecule has 1 aliphatic heterocycles. The molecular formula is C8H14O2. The number of carbonyl (C=O) groups is 1. The van der Waals surface area contributed by atoms with E-state index in [1.807, 2.05) is 0 Å². The number of hydrogen-bond acceptors (Lipinski definition) is 2. The van der Waals surface area contributed by atoms with E-state index in [0.29, 0.717) is 12.5 Å². The maximum atomic E-state index is 10.3. The lowest BCUT2D eigenvalue weighted by Gasteiger charge is -2.03. The number of ether oxygens (including phenoxy) is 1. The Morgan fingerprint density at radius 3 is 2.90 bits per heavy atom. The van der Waals surface area contributed by atoms with E-state index in [9.17, 15) is 4.79 Å². The first-order valence-corrected chi connectivity index (χ1v) is 3.86. The van der Waals surface area contributed by atoms with Crippen LogP contribution in [-0.4, -0.2) is 19.5 Å². The van der Waals surface area contributed by atoms with Crippen LogP contribution in [0.3, 0.4) is 0 Å². The molecular weight excluding hydrogens is 128 g/mol. The van der Waals surface area contributed by atoms with E-state index in [2.05, 4.69) is 6.92 Å². The average Bonchev–Trinajstić information content (AvgIpc) is 2.14. The van der Waals surface area contributed by atoms with Crippen molar-refractivity contribution in [2.24, 2.45) is 11.8 Å². The molecule has 0 aromatic rings. The Balaban J connectivity index is 2.32. The van der Waals surface area contributed by atoms with Gasteiger partial charge in [0, 0.05) is 12.5 Å². The molecule has 1 rings (SSSR count). The van der Waals surface area contributed by atoms with E-state index in [4.69, 9.17) is 4.74 Å². The molecule has 1 aliphatic rings. The molecule has 1 fully saturated rings. The van der Waals surface area contributed by atoms with Gasteiger partial charge in [0.2, 0.25) is 0 Å². The largest absolute Gasteiger partial charge is 0.380 e. The first-order chi connectivity index (χ1) is 4.83. The van der Waals surface area contributed by atoms with Crippen LogP contribution in [-0.2, 0) is 9.53 Å². The normalized spacial score (nSPS) is 34.9. The summed E-state index contributed by atoms with van der Waals surface area (Å²) in [6.07, 6.45) is 3.14. The molecule has 0 aromatic heterocycles. The van der Waals surface area contributed by atoms with Crippen LogP contribution in [0.15, 0.2) is 0 Å². The summed E-state index contributed by atoms with van der Waals surface area (Å²) in [5.74, 6) is 0.787. The Kier molecular flexibility index (Phi) is 2.87. The quantitative estimate of drug-likeness (QED) is 0.515. The molecule has 2 unspecified atom stereocenters. The second-order valence-electron chi connectivity index (χ2n) is 3.12. The standard InChI is InChI=1S/C8H14O2/c1-7-2-3-8(4-9)6-10-5-7/h4,7-8H,2-3,5-6H2,1H3. The third-order valence-corrected chi connectivity index (χ3v) is 1.96. The third-order valence-electron chi connectivity index (χ3n) is 1.96. The van der Waals surface area contributed by atoms with Crippen molar-refractivity contribution in [3.8, 4) is 0 Å². The van der Waals surface area contributed by atoms with E-state index >= 15 is 0 Å². The summed E-state index contributed by atoms with van der Waals surface area (Å²) in [5, 5.41) is 0. The van der Waals surface area contributed by atoms with E-state index < -0.39 is 0 Å². The molecule has 0 radical (unpaired) electrons. The molecule has 1 heterocycles. The van der Waals surface area contributed by atoms with Crippen LogP contribution in [0.2, 0.25) is 0 Å². The fourth-order valence-corrected chi connectivity index (χ4v) is 1.19. The average molecular weight is 142 g/mol. The van der Waals surface area contributed by atoms with Gasteiger partial charge in [-0.05, 0) is 18.8 Å². The van der Waals surface area contributed by atoms with Gasteiger partial charge in [0.25, 0.3) is 0 Å². The molecule has 0 aliphatic carbocycles. The van der Waals surface area contributed by atoms with Crippen molar-refractivity contribution in [1.82, 2.24) is 0 Å². The molecule has 0 N–H and O–H groups in total. The van der Waals surface area contributed by atoms with Gasteiger partial charge < -0.3 is 9.53 Å². The van der Waals surface area contributed by atoms with Gasteiger partial charge in [-0.2, -0.15) is 0 Å². The molecule has 58 valence electrons. The highest BCUT2D eigenvalue weighted by Crippen LogP contribution is 2.16. The monoisotopic (exact) mass is 142 g/mol. The van der Waals surface area contributed by atoms with Crippen molar-refractivity contribution < 1.29 is 9.53 Å². The molecule has 0 bridgehead atoms. The Morgan fingerprint density at radius 2 is 2.20 bits per heavy atom. The summed E-state index contributed by atoms with van der Waals surface area (Å²) in [7, 11) is 0. The van der Waals surface area contributed by atoms with Gasteiger partial charge in [0.1, 0.15) is 6.29 Å². The fourth-order valence-electron chi connectivity index (χ4n) is 1.19. The zero-order valence-corrected chi connectivity index (χ0v) is 6.38. The molecule has 0 saturated carbocycles. The molecule has 2 nitrogen and oxygen atoms in total. The molecule has 2 atom stereocenters. The lowest BCUT2D eigenvalue weighted by atomic mass is 10.0. The van der Waals surface area contributed by atoms with Crippen LogP contribution in [0, 0.1) is 11.8 Å². The first-order valence-electron chi connectivity index (χ1n) is 3.86. The van der Waals surface area contributed by atoms with Crippen LogP contribution in [0.4, 0.5) is 0 Å². The van der Waals surface area contributed by atoms with Crippen LogP contribution < -0.4 is 0 Å². The van der Waals surface area contributed by atoms with E-state index in [1.165, 1.54) is 0 Å². The second kappa shape index (κ2) is 3.71. The predicted molar refractivity (Wildman–Crippen MR) is 38.8 cm³/mol. The summed E-state index contributed by atoms with van der Waals surface area (Å²) in [4.78, 5) is 10.3. The van der Waals surface area contributed by atoms with Gasteiger partial charge >= 0.3 is 0 Å². The molecule has 0 spiro atoms. The van der Waals surface area contributed by atoms with E-state index in [0.717, 1.165) is 25.7 Å². The van der Waals surface area contributed by atoms with Crippen LogP contribution in [0.5, 0.6) is 0 Å². The SMILES string of the molecule is CC1CCC(C=O)COC1. The lowest BCUT2D eigenvalue weighted by molar-refractivity contribution is -0.112.